The molecule has 2 heterocycles. The second kappa shape index (κ2) is 8.41. The zero-order chi connectivity index (χ0) is 21.2. The highest BCUT2D eigenvalue weighted by Gasteiger charge is 2.18. The van der Waals surface area contributed by atoms with E-state index in [9.17, 15) is 4.79 Å². The number of thiophene rings is 2. The van der Waals surface area contributed by atoms with Crippen LogP contribution in [0.15, 0.2) is 70.6 Å². The molecule has 1 aliphatic carbocycles. The molecule has 0 atom stereocenters. The van der Waals surface area contributed by atoms with E-state index < -0.39 is 0 Å². The molecule has 0 aliphatic heterocycles. The van der Waals surface area contributed by atoms with Crippen LogP contribution in [0.3, 0.4) is 0 Å². The number of hydrogen-bond acceptors (Lipinski definition) is 6. The molecule has 0 N–H and O–H groups in total. The minimum atomic E-state index is 0.711. The van der Waals surface area contributed by atoms with Gasteiger partial charge < -0.3 is 4.74 Å². The van der Waals surface area contributed by atoms with Gasteiger partial charge in [-0.2, -0.15) is 0 Å². The summed E-state index contributed by atoms with van der Waals surface area (Å²) in [7, 11) is 1.67. The van der Waals surface area contributed by atoms with Gasteiger partial charge >= 0.3 is 0 Å². The summed E-state index contributed by atoms with van der Waals surface area (Å²) in [5.74, 6) is 0. The molecule has 2 aromatic heterocycles. The van der Waals surface area contributed by atoms with Crippen LogP contribution in [0.1, 0.15) is 30.6 Å². The van der Waals surface area contributed by atoms with Gasteiger partial charge in [0.25, 0.3) is 0 Å². The van der Waals surface area contributed by atoms with Gasteiger partial charge in [-0.1, -0.05) is 23.5 Å². The van der Waals surface area contributed by atoms with Crippen molar-refractivity contribution >= 4 is 52.8 Å². The standard InChI is InChI=1S/C25H18N2O2S2/c1-29-25-9-6-21(31-25)14-27-19-3-8-24-17(12-19)10-16-11-18(2-7-23(16)24)26-13-20-4-5-22(15-28)30-20/h2-9,11-15H,10H2,1H3. The molecule has 4 nitrogen and oxygen atoms in total. The fourth-order valence-corrected chi connectivity index (χ4v) is 5.03. The van der Waals surface area contributed by atoms with Crippen LogP contribution in [0.4, 0.5) is 11.4 Å². The number of fused-ring (bicyclic) bond motifs is 3. The lowest BCUT2D eigenvalue weighted by atomic mass is 10.1. The average molecular weight is 443 g/mol. The minimum Gasteiger partial charge on any atom is -0.487 e. The Morgan fingerprint density at radius 1 is 0.774 bits per heavy atom. The molecular weight excluding hydrogens is 424 g/mol. The van der Waals surface area contributed by atoms with E-state index in [0.717, 1.165) is 38.9 Å². The third-order valence-electron chi connectivity index (χ3n) is 5.10. The van der Waals surface area contributed by atoms with Gasteiger partial charge in [-0.25, -0.2) is 0 Å². The van der Waals surface area contributed by atoms with Crippen molar-refractivity contribution in [2.24, 2.45) is 9.98 Å². The Kier molecular flexibility index (Phi) is 5.32. The van der Waals surface area contributed by atoms with Crippen LogP contribution in [0.25, 0.3) is 11.1 Å². The average Bonchev–Trinajstić information content (AvgIpc) is 3.53. The second-order valence-corrected chi connectivity index (χ2v) is 9.32. The molecule has 6 heteroatoms. The molecule has 4 aromatic rings. The van der Waals surface area contributed by atoms with E-state index >= 15 is 0 Å². The molecule has 2 aromatic carbocycles. The fourth-order valence-electron chi connectivity index (χ4n) is 3.63. The van der Waals surface area contributed by atoms with E-state index in [1.165, 1.54) is 33.6 Å². The Morgan fingerprint density at radius 2 is 1.35 bits per heavy atom. The molecule has 0 bridgehead atoms. The monoisotopic (exact) mass is 442 g/mol. The topological polar surface area (TPSA) is 51.0 Å². The van der Waals surface area contributed by atoms with Gasteiger partial charge in [0.1, 0.15) is 0 Å². The van der Waals surface area contributed by atoms with Crippen molar-refractivity contribution in [1.82, 2.24) is 0 Å². The first-order chi connectivity index (χ1) is 15.2. The molecule has 0 amide bonds. The lowest BCUT2D eigenvalue weighted by Gasteiger charge is -2.02. The number of aliphatic imine (C=N–C) groups is 2. The highest BCUT2D eigenvalue weighted by atomic mass is 32.1. The number of aldehydes is 1. The number of methoxy groups -OCH3 is 1. The number of nitrogens with zero attached hydrogens (tertiary/aromatic N) is 2. The molecule has 0 fully saturated rings. The third-order valence-corrected chi connectivity index (χ3v) is 7.02. The van der Waals surface area contributed by atoms with Crippen LogP contribution in [-0.2, 0) is 6.42 Å². The lowest BCUT2D eigenvalue weighted by Crippen LogP contribution is -1.80. The fraction of sp³-hybridized carbons (Fsp3) is 0.0800. The van der Waals surface area contributed by atoms with Crippen molar-refractivity contribution < 1.29 is 9.53 Å². The number of carbonyl (C=O) groups excluding carboxylic acids is 1. The highest BCUT2D eigenvalue weighted by Crippen LogP contribution is 2.40. The Hall–Kier alpha value is -3.35. The molecule has 1 aliphatic rings. The molecule has 0 spiro atoms. The Bertz CT molecular complexity index is 1330. The van der Waals surface area contributed by atoms with Crippen LogP contribution < -0.4 is 4.74 Å². The summed E-state index contributed by atoms with van der Waals surface area (Å²) in [6, 6.07) is 20.4. The highest BCUT2D eigenvalue weighted by molar-refractivity contribution is 7.15. The Balaban J connectivity index is 1.34. The van der Waals surface area contributed by atoms with Crippen molar-refractivity contribution in [3.63, 3.8) is 0 Å². The smallest absolute Gasteiger partial charge is 0.173 e. The van der Waals surface area contributed by atoms with Crippen LogP contribution >= 0.6 is 22.7 Å². The van der Waals surface area contributed by atoms with Gasteiger partial charge in [-0.15, -0.1) is 11.3 Å². The first-order valence-electron chi connectivity index (χ1n) is 9.75. The predicted octanol–water partition coefficient (Wildman–Crippen LogP) is 6.70. The normalized spacial score (nSPS) is 12.4. The van der Waals surface area contributed by atoms with Crippen LogP contribution in [-0.4, -0.2) is 25.8 Å². The largest absolute Gasteiger partial charge is 0.487 e. The molecule has 0 unspecified atom stereocenters. The third kappa shape index (κ3) is 4.13. The van der Waals surface area contributed by atoms with Crippen molar-refractivity contribution in [3.05, 3.63) is 86.4 Å². The minimum absolute atomic E-state index is 0.711. The summed E-state index contributed by atoms with van der Waals surface area (Å²) in [6.45, 7) is 0. The Labute approximate surface area is 188 Å². The van der Waals surface area contributed by atoms with E-state index in [1.807, 2.05) is 42.8 Å². The van der Waals surface area contributed by atoms with Crippen LogP contribution in [0.5, 0.6) is 5.06 Å². The van der Waals surface area contributed by atoms with E-state index in [-0.39, 0.29) is 0 Å². The molecular formula is C25H18N2O2S2. The van der Waals surface area contributed by atoms with Gasteiger partial charge in [-0.3, -0.25) is 14.8 Å². The van der Waals surface area contributed by atoms with E-state index in [4.69, 9.17) is 4.74 Å². The predicted molar refractivity (Wildman–Crippen MR) is 130 cm³/mol. The van der Waals surface area contributed by atoms with E-state index in [0.29, 0.717) is 4.88 Å². The zero-order valence-corrected chi connectivity index (χ0v) is 18.4. The van der Waals surface area contributed by atoms with Crippen molar-refractivity contribution in [1.29, 1.82) is 0 Å². The maximum absolute atomic E-state index is 10.8. The van der Waals surface area contributed by atoms with Gasteiger partial charge in [0, 0.05) is 22.2 Å². The number of carbonyl (C=O) groups is 1. The van der Waals surface area contributed by atoms with Crippen molar-refractivity contribution in [2.45, 2.75) is 6.42 Å². The number of rotatable bonds is 6. The molecule has 0 saturated heterocycles. The lowest BCUT2D eigenvalue weighted by molar-refractivity contribution is 0.112. The van der Waals surface area contributed by atoms with Crippen LogP contribution in [0.2, 0.25) is 0 Å². The first kappa shape index (κ1) is 19.6. The summed E-state index contributed by atoms with van der Waals surface area (Å²) in [5.41, 5.74) is 6.93. The SMILES string of the molecule is COc1ccc(C=Nc2ccc3c(c2)Cc2cc(N=Cc4ccc(C=O)s4)ccc2-3)s1. The number of benzene rings is 2. The number of hydrogen-bond donors (Lipinski definition) is 0. The summed E-state index contributed by atoms with van der Waals surface area (Å²) in [5, 5.41) is 0.882. The van der Waals surface area contributed by atoms with Gasteiger partial charge in [0.2, 0.25) is 0 Å². The number of ether oxygens (including phenoxy) is 1. The summed E-state index contributed by atoms with van der Waals surface area (Å²) in [6.07, 6.45) is 5.43. The Morgan fingerprint density at radius 3 is 1.90 bits per heavy atom. The second-order valence-electron chi connectivity index (χ2n) is 7.09. The molecule has 152 valence electrons. The molecule has 5 rings (SSSR count). The molecule has 31 heavy (non-hydrogen) atoms. The summed E-state index contributed by atoms with van der Waals surface area (Å²) < 4.78 is 5.24. The zero-order valence-electron chi connectivity index (χ0n) is 16.7. The summed E-state index contributed by atoms with van der Waals surface area (Å²) in [4.78, 5) is 22.8. The first-order valence-corrected chi connectivity index (χ1v) is 11.4. The van der Waals surface area contributed by atoms with Gasteiger partial charge in [0.05, 0.1) is 23.4 Å². The maximum Gasteiger partial charge on any atom is 0.173 e. The molecule has 0 saturated carbocycles. The van der Waals surface area contributed by atoms with Gasteiger partial charge in [0.15, 0.2) is 11.3 Å². The maximum atomic E-state index is 10.8. The van der Waals surface area contributed by atoms with Crippen molar-refractivity contribution in [3.8, 4) is 16.2 Å². The quantitative estimate of drug-likeness (QED) is 0.217. The van der Waals surface area contributed by atoms with Gasteiger partial charge in [-0.05, 0) is 77.2 Å². The van der Waals surface area contributed by atoms with E-state index in [1.54, 1.807) is 18.4 Å². The summed E-state index contributed by atoms with van der Waals surface area (Å²) >= 11 is 3.01. The van der Waals surface area contributed by atoms with Crippen LogP contribution in [0, 0.1) is 0 Å². The van der Waals surface area contributed by atoms with Crippen molar-refractivity contribution in [2.75, 3.05) is 7.11 Å². The molecule has 0 radical (unpaired) electrons. The van der Waals surface area contributed by atoms with E-state index in [2.05, 4.69) is 40.3 Å².